The summed E-state index contributed by atoms with van der Waals surface area (Å²) in [5.74, 6) is 2.89. The zero-order valence-corrected chi connectivity index (χ0v) is 42.6. The highest BCUT2D eigenvalue weighted by Crippen LogP contribution is 2.58. The number of hydrogen-bond donors (Lipinski definition) is 0. The summed E-state index contributed by atoms with van der Waals surface area (Å²) < 4.78 is 13.8. The lowest BCUT2D eigenvalue weighted by Crippen LogP contribution is -2.61. The van der Waals surface area contributed by atoms with Gasteiger partial charge in [-0.2, -0.15) is 0 Å². The number of fused-ring (bicyclic) bond motifs is 10. The maximum absolute atomic E-state index is 6.90. The average Bonchev–Trinajstić information content (AvgIpc) is 3.56. The number of hydrogen-bond acceptors (Lipinski definition) is 4. The van der Waals surface area contributed by atoms with Gasteiger partial charge in [0.1, 0.15) is 0 Å². The Morgan fingerprint density at radius 1 is 0.471 bits per heavy atom. The molecule has 5 heteroatoms. The van der Waals surface area contributed by atoms with E-state index >= 15 is 0 Å². The van der Waals surface area contributed by atoms with Crippen molar-refractivity contribution in [2.24, 2.45) is 0 Å². The maximum atomic E-state index is 6.90. The molecule has 13 rings (SSSR count). The highest BCUT2D eigenvalue weighted by Gasteiger charge is 2.49. The minimum absolute atomic E-state index is 0.0184. The van der Waals surface area contributed by atoms with Crippen LogP contribution in [0.1, 0.15) is 114 Å². The Hall–Kier alpha value is -6.98. The molecule has 0 spiro atoms. The smallest absolute Gasteiger partial charge is 0.333 e. The summed E-state index contributed by atoms with van der Waals surface area (Å²) in [5.41, 5.74) is 25.2. The first-order valence-corrected chi connectivity index (χ1v) is 25.4. The van der Waals surface area contributed by atoms with Crippen molar-refractivity contribution in [2.75, 3.05) is 9.71 Å². The molecule has 8 aromatic rings. The third kappa shape index (κ3) is 6.15. The number of aryl methyl sites for hydroxylation is 2. The Morgan fingerprint density at radius 3 is 1.84 bits per heavy atom. The van der Waals surface area contributed by atoms with Crippen LogP contribution in [0.15, 0.2) is 146 Å². The first-order valence-electron chi connectivity index (χ1n) is 25.4. The van der Waals surface area contributed by atoms with Crippen LogP contribution in [0.2, 0.25) is 0 Å². The van der Waals surface area contributed by atoms with Crippen molar-refractivity contribution >= 4 is 46.2 Å². The van der Waals surface area contributed by atoms with E-state index in [1.165, 1.54) is 112 Å². The lowest BCUT2D eigenvalue weighted by Gasteiger charge is -2.48. The predicted molar refractivity (Wildman–Crippen MR) is 293 cm³/mol. The molecule has 3 aliphatic heterocycles. The largest absolute Gasteiger partial charge is 0.450 e. The van der Waals surface area contributed by atoms with E-state index in [-0.39, 0.29) is 28.5 Å². The minimum atomic E-state index is -0.241. The number of ether oxygens (including phenoxy) is 2. The van der Waals surface area contributed by atoms with Crippen LogP contribution in [0, 0.1) is 13.8 Å². The van der Waals surface area contributed by atoms with E-state index in [9.17, 15) is 0 Å². The van der Waals surface area contributed by atoms with Crippen LogP contribution in [0.3, 0.4) is 0 Å². The molecule has 0 radical (unpaired) electrons. The summed E-state index contributed by atoms with van der Waals surface area (Å²) >= 11 is 0. The molecule has 0 saturated carbocycles. The third-order valence-electron chi connectivity index (χ3n) is 16.9. The molecular formula is C65H61BN2O2. The fraction of sp³-hybridized carbons (Fsp3) is 0.262. The summed E-state index contributed by atoms with van der Waals surface area (Å²) in [5, 5.41) is 0. The lowest BCUT2D eigenvalue weighted by molar-refractivity contribution is 0.332. The van der Waals surface area contributed by atoms with Crippen LogP contribution >= 0.6 is 0 Å². The lowest BCUT2D eigenvalue weighted by atomic mass is 9.43. The second kappa shape index (κ2) is 14.5. The molecule has 0 bridgehead atoms. The van der Waals surface area contributed by atoms with Gasteiger partial charge in [0, 0.05) is 51.0 Å². The van der Waals surface area contributed by atoms with Gasteiger partial charge in [0.15, 0.2) is 23.0 Å². The van der Waals surface area contributed by atoms with Crippen LogP contribution in [0.4, 0.5) is 28.4 Å². The van der Waals surface area contributed by atoms with Crippen molar-refractivity contribution in [3.63, 3.8) is 0 Å². The van der Waals surface area contributed by atoms with Crippen molar-refractivity contribution in [2.45, 2.75) is 111 Å². The Balaban J connectivity index is 1.17. The third-order valence-corrected chi connectivity index (χ3v) is 16.9. The standard InChI is InChI=1S/C65H61BN2O2/c1-38-29-46-45-33-48-44(42-21-15-16-22-47(42)65(48,10)11)34-54(45)68(52-26-25-41(62(3,4)5)32-43(52)40-19-13-12-14-20-40)66-51-36-59-60(70-58-24-18-17-23-57(58)69-59)37-55(51)67(56(30-38)61(46)66)53-35-50-49(31-39(53)2)63(6,7)27-28-64(50,8)9/h12-26,29-37H,27-28H2,1-11H3. The predicted octanol–water partition coefficient (Wildman–Crippen LogP) is 16.5. The van der Waals surface area contributed by atoms with Gasteiger partial charge in [-0.3, -0.25) is 0 Å². The van der Waals surface area contributed by atoms with Crippen LogP contribution in [0.25, 0.3) is 33.4 Å². The zero-order valence-electron chi connectivity index (χ0n) is 42.6. The van der Waals surface area contributed by atoms with E-state index in [1.54, 1.807) is 0 Å². The molecule has 70 heavy (non-hydrogen) atoms. The van der Waals surface area contributed by atoms with Crippen LogP contribution in [-0.2, 0) is 21.7 Å². The highest BCUT2D eigenvalue weighted by atomic mass is 16.6. The monoisotopic (exact) mass is 912 g/mol. The number of benzene rings is 8. The van der Waals surface area contributed by atoms with E-state index in [0.717, 1.165) is 35.1 Å². The van der Waals surface area contributed by atoms with E-state index < -0.39 is 0 Å². The van der Waals surface area contributed by atoms with Crippen molar-refractivity contribution in [1.82, 2.24) is 0 Å². The molecule has 5 aliphatic rings. The van der Waals surface area contributed by atoms with Gasteiger partial charge in [0.05, 0.1) is 0 Å². The molecule has 4 nitrogen and oxygen atoms in total. The minimum Gasteiger partial charge on any atom is -0.450 e. The molecule has 0 fully saturated rings. The van der Waals surface area contributed by atoms with Gasteiger partial charge in [-0.05, 0) is 170 Å². The van der Waals surface area contributed by atoms with Gasteiger partial charge in [-0.25, -0.2) is 0 Å². The van der Waals surface area contributed by atoms with Crippen molar-refractivity contribution in [3.8, 4) is 56.4 Å². The first-order chi connectivity index (χ1) is 33.4. The van der Waals surface area contributed by atoms with Gasteiger partial charge >= 0.3 is 6.85 Å². The number of anilines is 5. The molecule has 0 saturated heterocycles. The average molecular weight is 913 g/mol. The first kappa shape index (κ1) is 43.1. The van der Waals surface area contributed by atoms with E-state index in [4.69, 9.17) is 9.47 Å². The maximum Gasteiger partial charge on any atom is 0.333 e. The van der Waals surface area contributed by atoms with E-state index in [1.807, 2.05) is 24.3 Å². The Bertz CT molecular complexity index is 3560. The molecule has 8 aromatic carbocycles. The normalized spacial score (nSPS) is 16.9. The van der Waals surface area contributed by atoms with Crippen LogP contribution in [-0.4, -0.2) is 6.85 Å². The summed E-state index contributed by atoms with van der Waals surface area (Å²) in [6.07, 6.45) is 2.30. The Morgan fingerprint density at radius 2 is 1.13 bits per heavy atom. The summed E-state index contributed by atoms with van der Waals surface area (Å²) in [4.78, 5) is 5.29. The molecule has 0 N–H and O–H groups in total. The van der Waals surface area contributed by atoms with E-state index in [2.05, 4.69) is 207 Å². The van der Waals surface area contributed by atoms with Crippen molar-refractivity contribution in [1.29, 1.82) is 0 Å². The van der Waals surface area contributed by atoms with Gasteiger partial charge in [0.2, 0.25) is 0 Å². The Kier molecular flexibility index (Phi) is 8.95. The fourth-order valence-electron chi connectivity index (χ4n) is 12.9. The highest BCUT2D eigenvalue weighted by molar-refractivity contribution is 6.93. The SMILES string of the molecule is Cc1cc2c3c(c1)N(c1cc4c(cc1C)C(C)(C)CCC4(C)C)c1cc4c(cc1B3N(c1ccc(C(C)(C)C)cc1-c1ccccc1)c1cc3c(cc1-2)C(C)(C)c1ccccc1-3)Oc1ccccc1O4. The van der Waals surface area contributed by atoms with Crippen LogP contribution < -0.4 is 30.1 Å². The van der Waals surface area contributed by atoms with Gasteiger partial charge in [-0.15, -0.1) is 0 Å². The topological polar surface area (TPSA) is 24.9 Å². The molecule has 0 aromatic heterocycles. The quantitative estimate of drug-likeness (QED) is 0.165. The fourth-order valence-corrected chi connectivity index (χ4v) is 12.9. The summed E-state index contributed by atoms with van der Waals surface area (Å²) in [6, 6.07) is 55.0. The number of rotatable bonds is 3. The molecule has 0 unspecified atom stereocenters. The number of nitrogens with zero attached hydrogens (tertiary/aromatic N) is 2. The molecule has 346 valence electrons. The second-order valence-corrected chi connectivity index (χ2v) is 23.7. The van der Waals surface area contributed by atoms with Gasteiger partial charge < -0.3 is 19.2 Å². The molecule has 0 amide bonds. The second-order valence-electron chi connectivity index (χ2n) is 23.7. The number of para-hydroxylation sites is 2. The van der Waals surface area contributed by atoms with Gasteiger partial charge in [-0.1, -0.05) is 147 Å². The molecule has 0 atom stereocenters. The zero-order chi connectivity index (χ0) is 48.4. The van der Waals surface area contributed by atoms with Crippen LogP contribution in [0.5, 0.6) is 23.0 Å². The van der Waals surface area contributed by atoms with E-state index in [0.29, 0.717) is 0 Å². The van der Waals surface area contributed by atoms with Gasteiger partial charge in [0.25, 0.3) is 0 Å². The molecule has 3 heterocycles. The summed E-state index contributed by atoms with van der Waals surface area (Å²) in [7, 11) is 0. The van der Waals surface area contributed by atoms with Crippen molar-refractivity contribution < 1.29 is 9.47 Å². The van der Waals surface area contributed by atoms with Crippen molar-refractivity contribution in [3.05, 3.63) is 185 Å². The molecule has 2 aliphatic carbocycles. The summed E-state index contributed by atoms with van der Waals surface area (Å²) in [6.45, 7) is 25.9. The molecular weight excluding hydrogens is 852 g/mol. The Labute approximate surface area is 415 Å².